The number of hydrogen-bond donors (Lipinski definition) is 1. The lowest BCUT2D eigenvalue weighted by Gasteiger charge is -2.34. The molecule has 180 valence electrons. The summed E-state index contributed by atoms with van der Waals surface area (Å²) in [7, 11) is -3.54. The van der Waals surface area contributed by atoms with Gasteiger partial charge in [0, 0.05) is 24.7 Å². The molecule has 0 radical (unpaired) electrons. The topological polar surface area (TPSA) is 105 Å². The van der Waals surface area contributed by atoms with E-state index >= 15 is 0 Å². The van der Waals surface area contributed by atoms with E-state index in [4.69, 9.17) is 4.42 Å². The number of sulfonamides is 1. The van der Waals surface area contributed by atoms with E-state index in [-0.39, 0.29) is 33.7 Å². The van der Waals surface area contributed by atoms with E-state index < -0.39 is 10.0 Å². The van der Waals surface area contributed by atoms with Crippen molar-refractivity contribution in [3.05, 3.63) is 24.3 Å². The van der Waals surface area contributed by atoms with Gasteiger partial charge >= 0.3 is 0 Å². The number of aromatic nitrogens is 2. The van der Waals surface area contributed by atoms with Crippen LogP contribution in [-0.4, -0.2) is 53.7 Å². The third-order valence-electron chi connectivity index (χ3n) is 6.82. The molecule has 2 fully saturated rings. The highest BCUT2D eigenvalue weighted by Crippen LogP contribution is 2.30. The van der Waals surface area contributed by atoms with E-state index in [9.17, 15) is 13.2 Å². The molecule has 4 rings (SSSR count). The van der Waals surface area contributed by atoms with E-state index in [1.165, 1.54) is 22.5 Å². The Labute approximate surface area is 200 Å². The summed E-state index contributed by atoms with van der Waals surface area (Å²) < 4.78 is 33.2. The van der Waals surface area contributed by atoms with E-state index in [1.807, 2.05) is 0 Å². The minimum absolute atomic E-state index is 0.0414. The van der Waals surface area contributed by atoms with E-state index in [0.717, 1.165) is 32.1 Å². The Morgan fingerprint density at radius 1 is 1.15 bits per heavy atom. The average Bonchev–Trinajstić information content (AvgIpc) is 3.31. The molecular weight excluding hydrogens is 460 g/mol. The molecule has 2 aromatic rings. The van der Waals surface area contributed by atoms with E-state index in [2.05, 4.69) is 29.4 Å². The molecule has 1 saturated heterocycles. The van der Waals surface area contributed by atoms with Crippen LogP contribution in [0, 0.1) is 11.8 Å². The molecule has 10 heteroatoms. The molecule has 1 aliphatic carbocycles. The van der Waals surface area contributed by atoms with Crippen molar-refractivity contribution in [2.24, 2.45) is 11.8 Å². The standard InChI is InChI=1S/C23H32N4O4S2/c1-16-8-6-11-20(17(16)2)24-21(28)15-32-23-26-25-22(31-23)18-9-7-10-19(14-18)33(29,30)27-12-4-3-5-13-27/h7,9-10,14,16-17,20H,3-6,8,11-13,15H2,1-2H3,(H,24,28). The van der Waals surface area contributed by atoms with Gasteiger partial charge in [-0.05, 0) is 49.3 Å². The van der Waals surface area contributed by atoms with Crippen LogP contribution in [0.1, 0.15) is 52.4 Å². The van der Waals surface area contributed by atoms with Crippen LogP contribution in [-0.2, 0) is 14.8 Å². The highest BCUT2D eigenvalue weighted by atomic mass is 32.2. The molecule has 1 aliphatic heterocycles. The summed E-state index contributed by atoms with van der Waals surface area (Å²) in [6.45, 7) is 5.54. The zero-order valence-electron chi connectivity index (χ0n) is 19.2. The highest BCUT2D eigenvalue weighted by Gasteiger charge is 2.29. The summed E-state index contributed by atoms with van der Waals surface area (Å²) in [5.41, 5.74) is 0.543. The van der Waals surface area contributed by atoms with Crippen molar-refractivity contribution in [2.45, 2.75) is 68.5 Å². The third kappa shape index (κ3) is 5.78. The molecule has 1 amide bonds. The Kier molecular flexibility index (Phi) is 7.76. The molecule has 33 heavy (non-hydrogen) atoms. The van der Waals surface area contributed by atoms with Crippen molar-refractivity contribution in [1.82, 2.24) is 19.8 Å². The normalized spacial score (nSPS) is 24.5. The van der Waals surface area contributed by atoms with Crippen LogP contribution >= 0.6 is 11.8 Å². The van der Waals surface area contributed by atoms with Gasteiger partial charge in [-0.15, -0.1) is 10.2 Å². The van der Waals surface area contributed by atoms with E-state index in [1.54, 1.807) is 24.3 Å². The fraction of sp³-hybridized carbons (Fsp3) is 0.609. The Bertz CT molecular complexity index is 1070. The first-order valence-corrected chi connectivity index (χ1v) is 14.1. The number of nitrogens with one attached hydrogen (secondary N) is 1. The summed E-state index contributed by atoms with van der Waals surface area (Å²) in [6.07, 6.45) is 6.20. The molecule has 2 aliphatic rings. The molecule has 1 saturated carbocycles. The number of hydrogen-bond acceptors (Lipinski definition) is 7. The lowest BCUT2D eigenvalue weighted by atomic mass is 9.78. The zero-order chi connectivity index (χ0) is 23.4. The second kappa shape index (κ2) is 10.6. The first-order chi connectivity index (χ1) is 15.8. The van der Waals surface area contributed by atoms with Crippen LogP contribution in [0.3, 0.4) is 0 Å². The molecule has 0 bridgehead atoms. The van der Waals surface area contributed by atoms with Gasteiger partial charge in [-0.2, -0.15) is 4.31 Å². The van der Waals surface area contributed by atoms with Crippen LogP contribution in [0.5, 0.6) is 0 Å². The Morgan fingerprint density at radius 2 is 1.94 bits per heavy atom. The molecule has 1 aromatic carbocycles. The fourth-order valence-corrected chi connectivity index (χ4v) is 6.73. The molecule has 1 aromatic heterocycles. The molecular formula is C23H32N4O4S2. The van der Waals surface area contributed by atoms with Gasteiger partial charge in [-0.1, -0.05) is 50.9 Å². The maximum absolute atomic E-state index is 13.0. The number of carbonyl (C=O) groups is 1. The maximum atomic E-state index is 13.0. The monoisotopic (exact) mass is 492 g/mol. The first-order valence-electron chi connectivity index (χ1n) is 11.7. The second-order valence-corrected chi connectivity index (χ2v) is 12.0. The van der Waals surface area contributed by atoms with Crippen molar-refractivity contribution in [3.8, 4) is 11.5 Å². The van der Waals surface area contributed by atoms with Crippen LogP contribution in [0.4, 0.5) is 0 Å². The largest absolute Gasteiger partial charge is 0.411 e. The summed E-state index contributed by atoms with van der Waals surface area (Å²) in [6, 6.07) is 6.81. The summed E-state index contributed by atoms with van der Waals surface area (Å²) in [4.78, 5) is 12.7. The van der Waals surface area contributed by atoms with Crippen molar-refractivity contribution in [3.63, 3.8) is 0 Å². The third-order valence-corrected chi connectivity index (χ3v) is 9.53. The van der Waals surface area contributed by atoms with Gasteiger partial charge in [0.05, 0.1) is 10.6 Å². The van der Waals surface area contributed by atoms with Gasteiger partial charge in [-0.3, -0.25) is 4.79 Å². The van der Waals surface area contributed by atoms with Crippen LogP contribution in [0.2, 0.25) is 0 Å². The minimum Gasteiger partial charge on any atom is -0.411 e. The SMILES string of the molecule is CC1CCCC(NC(=O)CSc2nnc(-c3cccc(S(=O)(=O)N4CCCCC4)c3)o2)C1C. The second-order valence-electron chi connectivity index (χ2n) is 9.10. The molecule has 1 N–H and O–H groups in total. The van der Waals surface area contributed by atoms with Crippen molar-refractivity contribution in [1.29, 1.82) is 0 Å². The minimum atomic E-state index is -3.54. The fourth-order valence-electron chi connectivity index (χ4n) is 4.59. The van der Waals surface area contributed by atoms with Crippen LogP contribution < -0.4 is 5.32 Å². The number of nitrogens with zero attached hydrogens (tertiary/aromatic N) is 3. The number of benzene rings is 1. The number of amides is 1. The van der Waals surface area contributed by atoms with Gasteiger partial charge in [0.15, 0.2) is 0 Å². The number of carbonyl (C=O) groups excluding carboxylic acids is 1. The predicted octanol–water partition coefficient (Wildman–Crippen LogP) is 3.94. The van der Waals surface area contributed by atoms with Crippen LogP contribution in [0.15, 0.2) is 38.8 Å². The lowest BCUT2D eigenvalue weighted by molar-refractivity contribution is -0.120. The van der Waals surface area contributed by atoms with Gasteiger partial charge in [-0.25, -0.2) is 8.42 Å². The summed E-state index contributed by atoms with van der Waals surface area (Å²) >= 11 is 1.19. The Hall–Kier alpha value is -1.91. The van der Waals surface area contributed by atoms with Crippen molar-refractivity contribution in [2.75, 3.05) is 18.8 Å². The Morgan fingerprint density at radius 3 is 2.73 bits per heavy atom. The molecule has 8 nitrogen and oxygen atoms in total. The zero-order valence-corrected chi connectivity index (χ0v) is 20.8. The van der Waals surface area contributed by atoms with Crippen molar-refractivity contribution < 1.29 is 17.6 Å². The summed E-state index contributed by atoms with van der Waals surface area (Å²) in [5, 5.41) is 11.5. The van der Waals surface area contributed by atoms with Crippen molar-refractivity contribution >= 4 is 27.7 Å². The quantitative estimate of drug-likeness (QED) is 0.584. The average molecular weight is 493 g/mol. The first kappa shape index (κ1) is 24.2. The molecule has 2 heterocycles. The smallest absolute Gasteiger partial charge is 0.277 e. The number of thioether (sulfide) groups is 1. The Balaban J connectivity index is 1.37. The van der Waals surface area contributed by atoms with Gasteiger partial charge in [0.2, 0.25) is 21.8 Å². The summed E-state index contributed by atoms with van der Waals surface area (Å²) in [5.74, 6) is 1.48. The van der Waals surface area contributed by atoms with Crippen LogP contribution in [0.25, 0.3) is 11.5 Å². The molecule has 0 spiro atoms. The van der Waals surface area contributed by atoms with Gasteiger partial charge < -0.3 is 9.73 Å². The van der Waals surface area contributed by atoms with Gasteiger partial charge in [0.25, 0.3) is 5.22 Å². The lowest BCUT2D eigenvalue weighted by Crippen LogP contribution is -2.44. The molecule has 3 unspecified atom stereocenters. The van der Waals surface area contributed by atoms with E-state index in [0.29, 0.717) is 30.5 Å². The molecule has 3 atom stereocenters. The highest BCUT2D eigenvalue weighted by molar-refractivity contribution is 7.99. The predicted molar refractivity (Wildman–Crippen MR) is 127 cm³/mol. The number of piperidine rings is 1. The van der Waals surface area contributed by atoms with Gasteiger partial charge in [0.1, 0.15) is 0 Å². The number of rotatable bonds is 7. The maximum Gasteiger partial charge on any atom is 0.277 e.